The van der Waals surface area contributed by atoms with E-state index in [-0.39, 0.29) is 0 Å². The van der Waals surface area contributed by atoms with Crippen molar-refractivity contribution < 1.29 is 16.8 Å². The van der Waals surface area contributed by atoms with Crippen LogP contribution in [0.4, 0.5) is 0 Å². The van der Waals surface area contributed by atoms with Crippen LogP contribution in [-0.2, 0) is 33.1 Å². The van der Waals surface area contributed by atoms with Gasteiger partial charge in [-0.05, 0) is 75.0 Å². The van der Waals surface area contributed by atoms with Gasteiger partial charge in [0.05, 0.1) is 22.0 Å². The lowest BCUT2D eigenvalue weighted by atomic mass is 9.94. The van der Waals surface area contributed by atoms with Gasteiger partial charge in [-0.2, -0.15) is 8.61 Å². The van der Waals surface area contributed by atoms with Gasteiger partial charge in [0.15, 0.2) is 0 Å². The van der Waals surface area contributed by atoms with Gasteiger partial charge < -0.3 is 5.32 Å². The summed E-state index contributed by atoms with van der Waals surface area (Å²) in [5.74, 6) is 0.481. The van der Waals surface area contributed by atoms with E-state index in [1.807, 2.05) is 50.2 Å². The molecule has 0 spiro atoms. The fraction of sp³-hybridized carbons (Fsp3) is 0.393. The maximum absolute atomic E-state index is 12.6. The fourth-order valence-electron chi connectivity index (χ4n) is 5.26. The summed E-state index contributed by atoms with van der Waals surface area (Å²) in [7, 11) is -6.75. The van der Waals surface area contributed by atoms with Crippen molar-refractivity contribution in [1.82, 2.24) is 18.9 Å². The summed E-state index contributed by atoms with van der Waals surface area (Å²) in [6.45, 7) is 6.94. The van der Waals surface area contributed by atoms with Gasteiger partial charge in [0.1, 0.15) is 0 Å². The molecule has 3 aromatic rings. The Labute approximate surface area is 225 Å². The van der Waals surface area contributed by atoms with Crippen molar-refractivity contribution in [1.29, 1.82) is 0 Å². The first-order valence-corrected chi connectivity index (χ1v) is 15.8. The molecule has 0 saturated carbocycles. The zero-order valence-corrected chi connectivity index (χ0v) is 23.4. The van der Waals surface area contributed by atoms with Crippen LogP contribution in [0.15, 0.2) is 76.7 Å². The van der Waals surface area contributed by atoms with Crippen molar-refractivity contribution in [3.63, 3.8) is 0 Å². The summed E-state index contributed by atoms with van der Waals surface area (Å²) >= 11 is 0. The molecular weight excluding hydrogens is 520 g/mol. The molecule has 1 N–H and O–H groups in total. The van der Waals surface area contributed by atoms with Crippen LogP contribution < -0.4 is 5.32 Å². The summed E-state index contributed by atoms with van der Waals surface area (Å²) in [6.07, 6.45) is 3.98. The topological polar surface area (TPSA) is 99.7 Å². The van der Waals surface area contributed by atoms with Crippen LogP contribution in [0, 0.1) is 19.8 Å². The Kier molecular flexibility index (Phi) is 7.70. The lowest BCUT2D eigenvalue weighted by molar-refractivity contribution is 0.339. The first-order chi connectivity index (χ1) is 18.1. The van der Waals surface area contributed by atoms with E-state index in [0.717, 1.165) is 41.8 Å². The Morgan fingerprint density at radius 1 is 0.789 bits per heavy atom. The number of aromatic nitrogens is 1. The van der Waals surface area contributed by atoms with E-state index in [1.165, 1.54) is 4.31 Å². The number of nitrogens with one attached hydrogen (secondary N) is 1. The molecule has 0 aliphatic carbocycles. The number of sulfonamides is 2. The third kappa shape index (κ3) is 5.55. The van der Waals surface area contributed by atoms with Crippen molar-refractivity contribution in [2.24, 2.45) is 5.92 Å². The standard InChI is InChI=1S/C14H20N2O2S.C14H14N2O2S/c2*1-11-4-6-13(7-5-11)19(17,18)16-9-12-3-2-8-15-14(12)10-16/h4-7,12,14-15H,2-3,8-10H2,1H3;2-8H,9-10H2,1H3. The highest BCUT2D eigenvalue weighted by atomic mass is 32.2. The molecule has 0 radical (unpaired) electrons. The predicted octanol–water partition coefficient (Wildman–Crippen LogP) is 3.46. The van der Waals surface area contributed by atoms with E-state index in [9.17, 15) is 16.8 Å². The molecule has 3 aliphatic rings. The maximum atomic E-state index is 12.6. The van der Waals surface area contributed by atoms with Crippen LogP contribution in [0.3, 0.4) is 0 Å². The monoisotopic (exact) mass is 554 g/mol. The zero-order valence-electron chi connectivity index (χ0n) is 21.7. The van der Waals surface area contributed by atoms with Crippen molar-refractivity contribution in [2.75, 3.05) is 19.6 Å². The van der Waals surface area contributed by atoms with Crippen LogP contribution in [0.5, 0.6) is 0 Å². The molecule has 4 heterocycles. The molecule has 10 heteroatoms. The minimum absolute atomic E-state index is 0.339. The Morgan fingerprint density at radius 3 is 1.97 bits per heavy atom. The molecule has 2 fully saturated rings. The van der Waals surface area contributed by atoms with E-state index in [0.29, 0.717) is 47.9 Å². The van der Waals surface area contributed by atoms with Crippen LogP contribution in [0.25, 0.3) is 0 Å². The summed E-state index contributed by atoms with van der Waals surface area (Å²) < 4.78 is 53.3. The number of aryl methyl sites for hydroxylation is 2. The van der Waals surface area contributed by atoms with Gasteiger partial charge >= 0.3 is 0 Å². The Balaban J connectivity index is 0.000000155. The number of pyridine rings is 1. The second-order valence-corrected chi connectivity index (χ2v) is 14.2. The number of benzene rings is 2. The molecule has 0 amide bonds. The van der Waals surface area contributed by atoms with Gasteiger partial charge in [-0.25, -0.2) is 16.8 Å². The first-order valence-electron chi connectivity index (χ1n) is 12.9. The van der Waals surface area contributed by atoms with Crippen molar-refractivity contribution >= 4 is 20.0 Å². The summed E-state index contributed by atoms with van der Waals surface area (Å²) in [4.78, 5) is 4.98. The number of nitrogens with zero attached hydrogens (tertiary/aromatic N) is 3. The number of hydrogen-bond acceptors (Lipinski definition) is 6. The van der Waals surface area contributed by atoms with E-state index in [1.54, 1.807) is 34.8 Å². The summed E-state index contributed by atoms with van der Waals surface area (Å²) in [5.41, 5.74) is 3.96. The van der Waals surface area contributed by atoms with Gasteiger partial charge in [-0.15, -0.1) is 0 Å². The minimum Gasteiger partial charge on any atom is -0.312 e. The highest BCUT2D eigenvalue weighted by molar-refractivity contribution is 7.89. The van der Waals surface area contributed by atoms with Crippen LogP contribution >= 0.6 is 0 Å². The van der Waals surface area contributed by atoms with Crippen LogP contribution in [0.2, 0.25) is 0 Å². The molecule has 2 saturated heterocycles. The average Bonchev–Trinajstić information content (AvgIpc) is 3.55. The van der Waals surface area contributed by atoms with Gasteiger partial charge in [-0.3, -0.25) is 4.98 Å². The molecule has 2 unspecified atom stereocenters. The molecule has 3 aliphatic heterocycles. The first kappa shape index (κ1) is 27.0. The van der Waals surface area contributed by atoms with Crippen molar-refractivity contribution in [2.45, 2.75) is 55.6 Å². The SMILES string of the molecule is Cc1ccc(S(=O)(=O)N2CC3CCCNC3C2)cc1.Cc1ccc(S(=O)(=O)N2Cc3cccnc3C2)cc1. The lowest BCUT2D eigenvalue weighted by Crippen LogP contribution is -2.41. The molecule has 2 atom stereocenters. The fourth-order valence-corrected chi connectivity index (χ4v) is 8.16. The Bertz CT molecular complexity index is 1450. The third-order valence-electron chi connectivity index (χ3n) is 7.54. The third-order valence-corrected chi connectivity index (χ3v) is 11.2. The summed E-state index contributed by atoms with van der Waals surface area (Å²) in [5, 5.41) is 3.44. The Morgan fingerprint density at radius 2 is 1.39 bits per heavy atom. The number of rotatable bonds is 4. The molecule has 202 valence electrons. The molecule has 2 aromatic carbocycles. The maximum Gasteiger partial charge on any atom is 0.243 e. The molecule has 8 nitrogen and oxygen atoms in total. The van der Waals surface area contributed by atoms with Crippen LogP contribution in [0.1, 0.15) is 35.2 Å². The summed E-state index contributed by atoms with van der Waals surface area (Å²) in [6, 6.07) is 18.2. The number of hydrogen-bond donors (Lipinski definition) is 1. The second kappa shape index (κ2) is 10.9. The number of piperidine rings is 1. The molecular formula is C28H34N4O4S2. The van der Waals surface area contributed by atoms with E-state index >= 15 is 0 Å². The predicted molar refractivity (Wildman–Crippen MR) is 146 cm³/mol. The van der Waals surface area contributed by atoms with E-state index in [2.05, 4.69) is 10.3 Å². The zero-order chi connectivity index (χ0) is 26.9. The smallest absolute Gasteiger partial charge is 0.243 e. The Hall–Kier alpha value is -2.63. The van der Waals surface area contributed by atoms with Gasteiger partial charge in [0.25, 0.3) is 0 Å². The number of fused-ring (bicyclic) bond motifs is 2. The second-order valence-electron chi connectivity index (χ2n) is 10.3. The molecule has 0 bridgehead atoms. The minimum atomic E-state index is -3.43. The molecule has 1 aromatic heterocycles. The van der Waals surface area contributed by atoms with Gasteiger partial charge in [-0.1, -0.05) is 41.5 Å². The normalized spacial score (nSPS) is 21.8. The van der Waals surface area contributed by atoms with Crippen molar-refractivity contribution in [3.8, 4) is 0 Å². The van der Waals surface area contributed by atoms with Gasteiger partial charge in [0.2, 0.25) is 20.0 Å². The average molecular weight is 555 g/mol. The van der Waals surface area contributed by atoms with Crippen molar-refractivity contribution in [3.05, 3.63) is 89.2 Å². The molecule has 6 rings (SSSR count). The molecule has 38 heavy (non-hydrogen) atoms. The highest BCUT2D eigenvalue weighted by Gasteiger charge is 2.40. The van der Waals surface area contributed by atoms with E-state index < -0.39 is 20.0 Å². The highest BCUT2D eigenvalue weighted by Crippen LogP contribution is 2.30. The van der Waals surface area contributed by atoms with Crippen LogP contribution in [-0.4, -0.2) is 56.1 Å². The lowest BCUT2D eigenvalue weighted by Gasteiger charge is -2.24. The van der Waals surface area contributed by atoms with E-state index in [4.69, 9.17) is 0 Å². The van der Waals surface area contributed by atoms with Gasteiger partial charge in [0, 0.05) is 31.9 Å². The quantitative estimate of drug-likeness (QED) is 0.530. The largest absolute Gasteiger partial charge is 0.312 e.